The Morgan fingerprint density at radius 2 is 0.864 bits per heavy atom. The molecular weight excluding hydrogens is 799 g/mol. The van der Waals surface area contributed by atoms with Crippen LogP contribution in [0.5, 0.6) is 0 Å². The molecule has 308 valence electrons. The normalized spacial score (nSPS) is 14.5. The van der Waals surface area contributed by atoms with Crippen molar-refractivity contribution >= 4 is 43.7 Å². The molecule has 10 aromatic carbocycles. The summed E-state index contributed by atoms with van der Waals surface area (Å²) in [5.41, 5.74) is 25.6. The zero-order chi connectivity index (χ0) is 43.5. The largest absolute Gasteiger partial charge is 0.455 e. The molecule has 3 aliphatic carbocycles. The van der Waals surface area contributed by atoms with E-state index in [1.54, 1.807) is 0 Å². The number of para-hydroxylation sites is 2. The van der Waals surface area contributed by atoms with Crippen LogP contribution in [0.3, 0.4) is 0 Å². The summed E-state index contributed by atoms with van der Waals surface area (Å²) < 4.78 is 9.02. The van der Waals surface area contributed by atoms with E-state index in [9.17, 15) is 0 Å². The van der Waals surface area contributed by atoms with Crippen LogP contribution in [0.25, 0.3) is 105 Å². The van der Waals surface area contributed by atoms with Crippen LogP contribution in [0.4, 0.5) is 0 Å². The number of nitrogens with zero attached hydrogens (tertiary/aromatic N) is 1. The summed E-state index contributed by atoms with van der Waals surface area (Å²) in [4.78, 5) is 0. The highest BCUT2D eigenvalue weighted by molar-refractivity contribution is 6.14. The maximum atomic E-state index is 6.52. The van der Waals surface area contributed by atoms with Crippen molar-refractivity contribution in [3.8, 4) is 61.3 Å². The minimum absolute atomic E-state index is 0.0778. The van der Waals surface area contributed by atoms with Gasteiger partial charge in [0.05, 0.1) is 16.4 Å². The lowest BCUT2D eigenvalue weighted by molar-refractivity contribution is 0.660. The SMILES string of the molecule is CC1(C)c2ccccc2-c2ccc(-c3ccc4c(c3)c3cc5c(cc3n4-c3ccc(-c4cccc6c4oc4ccccc46)cc3)C3(c4ccccc4-c4ccccc43)c3ccccc3-5)cc21. The fourth-order valence-corrected chi connectivity index (χ4v) is 12.7. The lowest BCUT2D eigenvalue weighted by Gasteiger charge is -2.30. The van der Waals surface area contributed by atoms with Crippen LogP contribution in [0.15, 0.2) is 217 Å². The van der Waals surface area contributed by atoms with Crippen LogP contribution in [0.1, 0.15) is 47.2 Å². The molecule has 3 aliphatic rings. The molecule has 0 atom stereocenters. The number of aromatic nitrogens is 1. The number of benzene rings is 10. The van der Waals surface area contributed by atoms with Crippen LogP contribution in [-0.2, 0) is 10.8 Å². The second-order valence-corrected chi connectivity index (χ2v) is 19.1. The number of furan rings is 1. The predicted octanol–water partition coefficient (Wildman–Crippen LogP) is 16.7. The molecule has 0 saturated carbocycles. The van der Waals surface area contributed by atoms with Crippen molar-refractivity contribution in [3.05, 3.63) is 246 Å². The van der Waals surface area contributed by atoms with Gasteiger partial charge in [-0.15, -0.1) is 0 Å². The van der Waals surface area contributed by atoms with Crippen molar-refractivity contribution in [2.75, 3.05) is 0 Å². The van der Waals surface area contributed by atoms with E-state index in [2.05, 4.69) is 225 Å². The number of rotatable bonds is 3. The van der Waals surface area contributed by atoms with Crippen LogP contribution in [0, 0.1) is 0 Å². The van der Waals surface area contributed by atoms with E-state index in [1.807, 2.05) is 6.07 Å². The monoisotopic (exact) mass is 839 g/mol. The highest BCUT2D eigenvalue weighted by atomic mass is 16.3. The summed E-state index contributed by atoms with van der Waals surface area (Å²) in [6, 6.07) is 79.5. The quantitative estimate of drug-likeness (QED) is 0.173. The molecule has 0 N–H and O–H groups in total. The number of hydrogen-bond donors (Lipinski definition) is 0. The molecule has 66 heavy (non-hydrogen) atoms. The van der Waals surface area contributed by atoms with E-state index in [0.29, 0.717) is 0 Å². The molecule has 0 aliphatic heterocycles. The molecule has 2 heterocycles. The molecule has 0 unspecified atom stereocenters. The maximum Gasteiger partial charge on any atom is 0.143 e. The summed E-state index contributed by atoms with van der Waals surface area (Å²) >= 11 is 0. The molecule has 15 rings (SSSR count). The van der Waals surface area contributed by atoms with E-state index in [4.69, 9.17) is 4.42 Å². The summed E-state index contributed by atoms with van der Waals surface area (Å²) in [5, 5.41) is 4.78. The van der Waals surface area contributed by atoms with E-state index >= 15 is 0 Å². The second kappa shape index (κ2) is 12.7. The first-order chi connectivity index (χ1) is 32.5. The lowest BCUT2D eigenvalue weighted by atomic mass is 9.70. The Morgan fingerprint density at radius 1 is 0.333 bits per heavy atom. The van der Waals surface area contributed by atoms with Crippen LogP contribution in [-0.4, -0.2) is 4.57 Å². The zero-order valence-electron chi connectivity index (χ0n) is 36.6. The van der Waals surface area contributed by atoms with Crippen molar-refractivity contribution in [2.24, 2.45) is 0 Å². The van der Waals surface area contributed by atoms with Crippen LogP contribution >= 0.6 is 0 Å². The molecule has 0 saturated heterocycles. The minimum Gasteiger partial charge on any atom is -0.455 e. The van der Waals surface area contributed by atoms with Gasteiger partial charge >= 0.3 is 0 Å². The van der Waals surface area contributed by atoms with Gasteiger partial charge in [0, 0.05) is 38.2 Å². The van der Waals surface area contributed by atoms with Gasteiger partial charge < -0.3 is 8.98 Å². The summed E-state index contributed by atoms with van der Waals surface area (Å²) in [6.07, 6.45) is 0. The van der Waals surface area contributed by atoms with Gasteiger partial charge in [-0.2, -0.15) is 0 Å². The fourth-order valence-electron chi connectivity index (χ4n) is 12.7. The molecular formula is C64H41NO. The van der Waals surface area contributed by atoms with Crippen molar-refractivity contribution < 1.29 is 4.42 Å². The number of hydrogen-bond acceptors (Lipinski definition) is 1. The third kappa shape index (κ3) is 4.51. The smallest absolute Gasteiger partial charge is 0.143 e. The Labute approximate surface area is 382 Å². The van der Waals surface area contributed by atoms with E-state index in [1.165, 1.54) is 99.7 Å². The fraction of sp³-hybridized carbons (Fsp3) is 0.0625. The topological polar surface area (TPSA) is 18.1 Å². The average Bonchev–Trinajstić information content (AvgIpc) is 4.13. The molecule has 0 radical (unpaired) electrons. The minimum atomic E-state index is -0.441. The molecule has 2 nitrogen and oxygen atoms in total. The van der Waals surface area contributed by atoms with Gasteiger partial charge in [0.15, 0.2) is 0 Å². The highest BCUT2D eigenvalue weighted by Gasteiger charge is 2.51. The van der Waals surface area contributed by atoms with Gasteiger partial charge in [-0.3, -0.25) is 0 Å². The van der Waals surface area contributed by atoms with Crippen molar-refractivity contribution in [1.82, 2.24) is 4.57 Å². The van der Waals surface area contributed by atoms with E-state index in [0.717, 1.165) is 38.8 Å². The third-order valence-corrected chi connectivity index (χ3v) is 15.6. The van der Waals surface area contributed by atoms with Crippen LogP contribution < -0.4 is 0 Å². The highest BCUT2D eigenvalue weighted by Crippen LogP contribution is 2.63. The number of fused-ring (bicyclic) bond motifs is 19. The van der Waals surface area contributed by atoms with Crippen molar-refractivity contribution in [2.45, 2.75) is 24.7 Å². The average molecular weight is 840 g/mol. The van der Waals surface area contributed by atoms with Gasteiger partial charge in [0.2, 0.25) is 0 Å². The first-order valence-corrected chi connectivity index (χ1v) is 23.2. The Kier molecular flexibility index (Phi) is 6.98. The van der Waals surface area contributed by atoms with Crippen molar-refractivity contribution in [3.63, 3.8) is 0 Å². The van der Waals surface area contributed by atoms with Crippen molar-refractivity contribution in [1.29, 1.82) is 0 Å². The lowest BCUT2D eigenvalue weighted by Crippen LogP contribution is -2.25. The second-order valence-electron chi connectivity index (χ2n) is 19.1. The van der Waals surface area contributed by atoms with Gasteiger partial charge in [0.25, 0.3) is 0 Å². The standard InChI is InChI=1S/C64H41NO/c1-63(2)53-21-8-3-14-43(53)47-32-28-40(35-57(47)63)39-29-33-59-51(34-39)52-36-50-46-17-6-11-24-56(46)64(54-22-9-4-15-44(54)45-16-5-10-23-55(45)64)58(50)37-60(52)65(59)41-30-26-38(27-31-41)42-19-13-20-49-48-18-7-12-25-61(48)66-62(42)49/h3-37H,1-2H3. The van der Waals surface area contributed by atoms with Gasteiger partial charge in [0.1, 0.15) is 11.2 Å². The zero-order valence-corrected chi connectivity index (χ0v) is 36.6. The molecule has 0 amide bonds. The molecule has 2 heteroatoms. The summed E-state index contributed by atoms with van der Waals surface area (Å²) in [7, 11) is 0. The van der Waals surface area contributed by atoms with Gasteiger partial charge in [-0.05, 0) is 132 Å². The summed E-state index contributed by atoms with van der Waals surface area (Å²) in [6.45, 7) is 4.74. The van der Waals surface area contributed by atoms with Gasteiger partial charge in [-0.1, -0.05) is 178 Å². The Bertz CT molecular complexity index is 4030. The molecule has 2 aromatic heterocycles. The molecule has 12 aromatic rings. The third-order valence-electron chi connectivity index (χ3n) is 15.6. The first kappa shape index (κ1) is 36.2. The van der Waals surface area contributed by atoms with Crippen LogP contribution in [0.2, 0.25) is 0 Å². The van der Waals surface area contributed by atoms with Gasteiger partial charge in [-0.25, -0.2) is 0 Å². The van der Waals surface area contributed by atoms with E-state index < -0.39 is 5.41 Å². The Morgan fingerprint density at radius 3 is 1.59 bits per heavy atom. The summed E-state index contributed by atoms with van der Waals surface area (Å²) in [5.74, 6) is 0. The molecule has 1 spiro atoms. The molecule has 0 bridgehead atoms. The van der Waals surface area contributed by atoms with E-state index in [-0.39, 0.29) is 5.41 Å². The molecule has 0 fully saturated rings. The first-order valence-electron chi connectivity index (χ1n) is 23.2. The Hall–Kier alpha value is -8.20. The predicted molar refractivity (Wildman–Crippen MR) is 273 cm³/mol. The maximum absolute atomic E-state index is 6.52. The Balaban J connectivity index is 0.979.